The highest BCUT2D eigenvalue weighted by Gasteiger charge is 2.24. The second-order valence-corrected chi connectivity index (χ2v) is 6.77. The molecule has 1 aromatic heterocycles. The molecule has 1 amide bonds. The number of primary amides is 1. The van der Waals surface area contributed by atoms with Crippen molar-refractivity contribution in [2.24, 2.45) is 5.73 Å². The van der Waals surface area contributed by atoms with E-state index in [1.807, 2.05) is 36.5 Å². The molecule has 26 heavy (non-hydrogen) atoms. The summed E-state index contributed by atoms with van der Waals surface area (Å²) in [5, 5.41) is 5.39. The SMILES string of the molecule is NC(=O)c1cccc2cn(-c3ccc(CN4CCC[C@@H]4CF)cc3)nc12. The van der Waals surface area contributed by atoms with Crippen LogP contribution >= 0.6 is 0 Å². The topological polar surface area (TPSA) is 64.2 Å². The van der Waals surface area contributed by atoms with E-state index in [0.717, 1.165) is 42.6 Å². The van der Waals surface area contributed by atoms with Crippen molar-refractivity contribution < 1.29 is 9.18 Å². The van der Waals surface area contributed by atoms with Gasteiger partial charge >= 0.3 is 0 Å². The summed E-state index contributed by atoms with van der Waals surface area (Å²) in [6.45, 7) is 1.44. The highest BCUT2D eigenvalue weighted by Crippen LogP contribution is 2.22. The van der Waals surface area contributed by atoms with Crippen molar-refractivity contribution in [2.45, 2.75) is 25.4 Å². The van der Waals surface area contributed by atoms with Crippen molar-refractivity contribution in [3.05, 3.63) is 59.8 Å². The number of rotatable bonds is 5. The Kier molecular flexibility index (Phi) is 4.42. The first-order valence-electron chi connectivity index (χ1n) is 8.83. The van der Waals surface area contributed by atoms with Crippen molar-refractivity contribution in [3.63, 3.8) is 0 Å². The first kappa shape index (κ1) is 16.7. The van der Waals surface area contributed by atoms with Gasteiger partial charge in [-0.2, -0.15) is 5.10 Å². The molecule has 2 aromatic carbocycles. The zero-order valence-corrected chi connectivity index (χ0v) is 14.4. The Bertz CT molecular complexity index is 935. The van der Waals surface area contributed by atoms with Crippen LogP contribution in [0.2, 0.25) is 0 Å². The molecule has 0 bridgehead atoms. The van der Waals surface area contributed by atoms with E-state index in [4.69, 9.17) is 5.73 Å². The number of hydrogen-bond acceptors (Lipinski definition) is 3. The lowest BCUT2D eigenvalue weighted by atomic mass is 10.1. The fraction of sp³-hybridized carbons (Fsp3) is 0.300. The van der Waals surface area contributed by atoms with Gasteiger partial charge in [-0.25, -0.2) is 9.07 Å². The monoisotopic (exact) mass is 352 g/mol. The second kappa shape index (κ2) is 6.88. The molecule has 1 fully saturated rings. The number of halogens is 1. The Hall–Kier alpha value is -2.73. The van der Waals surface area contributed by atoms with Gasteiger partial charge in [0.15, 0.2) is 0 Å². The van der Waals surface area contributed by atoms with Crippen LogP contribution in [0.15, 0.2) is 48.7 Å². The maximum absolute atomic E-state index is 13.0. The van der Waals surface area contributed by atoms with Gasteiger partial charge in [-0.15, -0.1) is 0 Å². The van der Waals surface area contributed by atoms with E-state index in [1.165, 1.54) is 0 Å². The first-order chi connectivity index (χ1) is 12.7. The van der Waals surface area contributed by atoms with Gasteiger partial charge in [-0.1, -0.05) is 24.3 Å². The molecule has 0 unspecified atom stereocenters. The molecule has 1 aliphatic heterocycles. The molecule has 3 aromatic rings. The van der Waals surface area contributed by atoms with Crippen molar-refractivity contribution in [2.75, 3.05) is 13.2 Å². The number of aromatic nitrogens is 2. The van der Waals surface area contributed by atoms with Gasteiger partial charge in [0.1, 0.15) is 12.2 Å². The van der Waals surface area contributed by atoms with Crippen LogP contribution < -0.4 is 5.73 Å². The number of alkyl halides is 1. The standard InChI is InChI=1S/C20H21FN4O/c21-11-17-4-2-10-24(17)12-14-6-8-16(9-7-14)25-13-15-3-1-5-18(20(22)26)19(15)23-25/h1,3,5-9,13,17H,2,4,10-12H2,(H2,22,26)/t17-/m1/s1. The molecule has 2 heterocycles. The summed E-state index contributed by atoms with van der Waals surface area (Å²) < 4.78 is 14.8. The predicted molar refractivity (Wildman–Crippen MR) is 99.0 cm³/mol. The Balaban J connectivity index is 1.58. The van der Waals surface area contributed by atoms with Crippen LogP contribution in [0, 0.1) is 0 Å². The van der Waals surface area contributed by atoms with Crippen LogP contribution in [0.3, 0.4) is 0 Å². The second-order valence-electron chi connectivity index (χ2n) is 6.77. The van der Waals surface area contributed by atoms with Crippen LogP contribution in [0.1, 0.15) is 28.8 Å². The third kappa shape index (κ3) is 3.08. The van der Waals surface area contributed by atoms with E-state index in [2.05, 4.69) is 10.00 Å². The average Bonchev–Trinajstić information content (AvgIpc) is 3.28. The Morgan fingerprint density at radius 1 is 1.23 bits per heavy atom. The van der Waals surface area contributed by atoms with E-state index >= 15 is 0 Å². The molecule has 1 atom stereocenters. The molecule has 5 nitrogen and oxygen atoms in total. The Morgan fingerprint density at radius 3 is 2.77 bits per heavy atom. The average molecular weight is 352 g/mol. The minimum Gasteiger partial charge on any atom is -0.366 e. The summed E-state index contributed by atoms with van der Waals surface area (Å²) in [6, 6.07) is 13.5. The third-order valence-electron chi connectivity index (χ3n) is 5.07. The molecule has 0 spiro atoms. The van der Waals surface area contributed by atoms with Crippen LogP contribution in [-0.2, 0) is 6.54 Å². The molecule has 6 heteroatoms. The number of carbonyl (C=O) groups excluding carboxylic acids is 1. The van der Waals surface area contributed by atoms with Gasteiger partial charge in [0.2, 0.25) is 0 Å². The number of benzene rings is 2. The summed E-state index contributed by atoms with van der Waals surface area (Å²) in [4.78, 5) is 13.8. The lowest BCUT2D eigenvalue weighted by Gasteiger charge is -2.22. The van der Waals surface area contributed by atoms with E-state index in [-0.39, 0.29) is 12.7 Å². The molecule has 134 valence electrons. The van der Waals surface area contributed by atoms with Gasteiger partial charge in [-0.05, 0) is 43.1 Å². The number of nitrogens with zero attached hydrogens (tertiary/aromatic N) is 3. The van der Waals surface area contributed by atoms with Crippen molar-refractivity contribution in [3.8, 4) is 5.69 Å². The van der Waals surface area contributed by atoms with Crippen LogP contribution in [-0.4, -0.2) is 39.8 Å². The number of nitrogens with two attached hydrogens (primary N) is 1. The molecule has 0 radical (unpaired) electrons. The lowest BCUT2D eigenvalue weighted by Crippen LogP contribution is -2.30. The zero-order valence-electron chi connectivity index (χ0n) is 14.4. The minimum atomic E-state index is -0.482. The largest absolute Gasteiger partial charge is 0.366 e. The third-order valence-corrected chi connectivity index (χ3v) is 5.07. The van der Waals surface area contributed by atoms with Gasteiger partial charge in [0.25, 0.3) is 5.91 Å². The van der Waals surface area contributed by atoms with Crippen molar-refractivity contribution in [1.29, 1.82) is 0 Å². The highest BCUT2D eigenvalue weighted by molar-refractivity contribution is 6.04. The maximum Gasteiger partial charge on any atom is 0.250 e. The highest BCUT2D eigenvalue weighted by atomic mass is 19.1. The lowest BCUT2D eigenvalue weighted by molar-refractivity contribution is 0.100. The quantitative estimate of drug-likeness (QED) is 0.767. The van der Waals surface area contributed by atoms with E-state index in [9.17, 15) is 9.18 Å². The number of amides is 1. The molecule has 0 aliphatic carbocycles. The van der Waals surface area contributed by atoms with E-state index in [1.54, 1.807) is 16.8 Å². The first-order valence-corrected chi connectivity index (χ1v) is 8.83. The summed E-state index contributed by atoms with van der Waals surface area (Å²) in [5.41, 5.74) is 8.52. The molecule has 0 saturated carbocycles. The molecule has 1 aliphatic rings. The van der Waals surface area contributed by atoms with Crippen molar-refractivity contribution >= 4 is 16.8 Å². The van der Waals surface area contributed by atoms with Gasteiger partial charge < -0.3 is 5.73 Å². The summed E-state index contributed by atoms with van der Waals surface area (Å²) >= 11 is 0. The molecule has 2 N–H and O–H groups in total. The molecule has 4 rings (SSSR count). The zero-order chi connectivity index (χ0) is 18.1. The van der Waals surface area contributed by atoms with Crippen LogP contribution in [0.25, 0.3) is 16.6 Å². The number of likely N-dealkylation sites (tertiary alicyclic amines) is 1. The summed E-state index contributed by atoms with van der Waals surface area (Å²) in [7, 11) is 0. The van der Waals surface area contributed by atoms with Gasteiger partial charge in [0.05, 0.1) is 11.3 Å². The minimum absolute atomic E-state index is 0.0540. The fourth-order valence-electron chi connectivity index (χ4n) is 3.64. The smallest absolute Gasteiger partial charge is 0.250 e. The number of carbonyl (C=O) groups is 1. The molecular formula is C20H21FN4O. The van der Waals surface area contributed by atoms with Gasteiger partial charge in [-0.3, -0.25) is 9.69 Å². The predicted octanol–water partition coefficient (Wildman–Crippen LogP) is 3.06. The Morgan fingerprint density at radius 2 is 2.04 bits per heavy atom. The van der Waals surface area contributed by atoms with Crippen LogP contribution in [0.4, 0.5) is 4.39 Å². The van der Waals surface area contributed by atoms with E-state index in [0.29, 0.717) is 11.1 Å². The number of hydrogen-bond donors (Lipinski definition) is 1. The molecule has 1 saturated heterocycles. The molecular weight excluding hydrogens is 331 g/mol. The van der Waals surface area contributed by atoms with Crippen LogP contribution in [0.5, 0.6) is 0 Å². The summed E-state index contributed by atoms with van der Waals surface area (Å²) in [6.07, 6.45) is 3.89. The number of fused-ring (bicyclic) bond motifs is 1. The van der Waals surface area contributed by atoms with E-state index < -0.39 is 5.91 Å². The van der Waals surface area contributed by atoms with Gasteiger partial charge in [0, 0.05) is 24.2 Å². The summed E-state index contributed by atoms with van der Waals surface area (Å²) in [5.74, 6) is -0.482. The Labute approximate surface area is 151 Å². The van der Waals surface area contributed by atoms with Crippen molar-refractivity contribution in [1.82, 2.24) is 14.7 Å². The maximum atomic E-state index is 13.0. The normalized spacial score (nSPS) is 17.8. The fourth-order valence-corrected chi connectivity index (χ4v) is 3.64.